The van der Waals surface area contributed by atoms with Gasteiger partial charge in [0.25, 0.3) is 0 Å². The van der Waals surface area contributed by atoms with Crippen molar-refractivity contribution in [1.82, 2.24) is 4.90 Å². The number of benzene rings is 1. The van der Waals surface area contributed by atoms with Gasteiger partial charge in [0.2, 0.25) is 0 Å². The van der Waals surface area contributed by atoms with E-state index in [4.69, 9.17) is 23.2 Å². The molecule has 0 saturated carbocycles. The molecular formula is C13H16Cl2N2O3S. The number of sulfone groups is 1. The Morgan fingerprint density at radius 2 is 1.95 bits per heavy atom. The van der Waals surface area contributed by atoms with E-state index in [9.17, 15) is 13.2 Å². The second-order valence-electron chi connectivity index (χ2n) is 4.93. The minimum absolute atomic E-state index is 0.0184. The fraction of sp³-hybridized carbons (Fsp3) is 0.462. The standard InChI is InChI=1S/C13H16Cl2N2O3S/c1-2-17(12-3-4-21(19,20)8-12)13(18)16-11-6-9(14)5-10(15)7-11/h5-7,12H,2-4,8H2,1H3,(H,16,18). The molecule has 1 aliphatic rings. The molecule has 0 spiro atoms. The van der Waals surface area contributed by atoms with Gasteiger partial charge in [0.15, 0.2) is 9.84 Å². The quantitative estimate of drug-likeness (QED) is 0.910. The van der Waals surface area contributed by atoms with Crippen molar-refractivity contribution in [2.75, 3.05) is 23.4 Å². The third kappa shape index (κ3) is 4.25. The number of urea groups is 1. The molecule has 1 heterocycles. The molecule has 8 heteroatoms. The van der Waals surface area contributed by atoms with E-state index < -0.39 is 9.84 Å². The fourth-order valence-electron chi connectivity index (χ4n) is 2.41. The number of carbonyl (C=O) groups is 1. The Labute approximate surface area is 134 Å². The lowest BCUT2D eigenvalue weighted by Crippen LogP contribution is -2.43. The second kappa shape index (κ2) is 6.42. The molecule has 1 saturated heterocycles. The lowest BCUT2D eigenvalue weighted by molar-refractivity contribution is 0.197. The highest BCUT2D eigenvalue weighted by atomic mass is 35.5. The molecule has 5 nitrogen and oxygen atoms in total. The summed E-state index contributed by atoms with van der Waals surface area (Å²) in [7, 11) is -3.03. The van der Waals surface area contributed by atoms with E-state index in [1.54, 1.807) is 18.2 Å². The first-order valence-electron chi connectivity index (χ1n) is 6.55. The highest BCUT2D eigenvalue weighted by Gasteiger charge is 2.33. The number of hydrogen-bond donors (Lipinski definition) is 1. The molecule has 21 heavy (non-hydrogen) atoms. The van der Waals surface area contributed by atoms with Crippen LogP contribution in [0.4, 0.5) is 10.5 Å². The summed E-state index contributed by atoms with van der Waals surface area (Å²) in [4.78, 5) is 13.8. The van der Waals surface area contributed by atoms with Gasteiger partial charge in [0, 0.05) is 28.3 Å². The van der Waals surface area contributed by atoms with Gasteiger partial charge >= 0.3 is 6.03 Å². The Hall–Kier alpha value is -0.980. The van der Waals surface area contributed by atoms with Crippen molar-refractivity contribution >= 4 is 44.8 Å². The molecule has 116 valence electrons. The molecular weight excluding hydrogens is 335 g/mol. The van der Waals surface area contributed by atoms with Crippen LogP contribution in [0.25, 0.3) is 0 Å². The lowest BCUT2D eigenvalue weighted by atomic mass is 10.2. The van der Waals surface area contributed by atoms with Gasteiger partial charge in [-0.25, -0.2) is 13.2 Å². The average molecular weight is 351 g/mol. The molecule has 1 aromatic carbocycles. The number of carbonyl (C=O) groups excluding carboxylic acids is 1. The first-order valence-corrected chi connectivity index (χ1v) is 9.12. The van der Waals surface area contributed by atoms with Crippen molar-refractivity contribution in [3.8, 4) is 0 Å². The molecule has 2 amide bonds. The summed E-state index contributed by atoms with van der Waals surface area (Å²) in [5.41, 5.74) is 0.483. The first-order chi connectivity index (χ1) is 9.80. The van der Waals surface area contributed by atoms with Crippen LogP contribution in [0.1, 0.15) is 13.3 Å². The predicted molar refractivity (Wildman–Crippen MR) is 84.9 cm³/mol. The second-order valence-corrected chi connectivity index (χ2v) is 8.03. The van der Waals surface area contributed by atoms with Crippen molar-refractivity contribution in [2.24, 2.45) is 0 Å². The SMILES string of the molecule is CCN(C(=O)Nc1cc(Cl)cc(Cl)c1)C1CCS(=O)(=O)C1. The van der Waals surface area contributed by atoms with E-state index in [0.717, 1.165) is 0 Å². The Morgan fingerprint density at radius 1 is 1.33 bits per heavy atom. The summed E-state index contributed by atoms with van der Waals surface area (Å²) in [5, 5.41) is 3.54. The lowest BCUT2D eigenvalue weighted by Gasteiger charge is -2.27. The Balaban J connectivity index is 2.10. The normalized spacial score (nSPS) is 20.2. The molecule has 1 fully saturated rings. The zero-order chi connectivity index (χ0) is 15.6. The number of rotatable bonds is 3. The molecule has 1 aliphatic heterocycles. The fourth-order valence-corrected chi connectivity index (χ4v) is 4.67. The van der Waals surface area contributed by atoms with Crippen molar-refractivity contribution in [3.05, 3.63) is 28.2 Å². The monoisotopic (exact) mass is 350 g/mol. The molecule has 1 atom stereocenters. The number of nitrogens with zero attached hydrogens (tertiary/aromatic N) is 1. The smallest absolute Gasteiger partial charge is 0.321 e. The third-order valence-corrected chi connectivity index (χ3v) is 5.55. The van der Waals surface area contributed by atoms with Crippen molar-refractivity contribution < 1.29 is 13.2 Å². The largest absolute Gasteiger partial charge is 0.322 e. The summed E-state index contributed by atoms with van der Waals surface area (Å²) in [6.45, 7) is 2.25. The van der Waals surface area contributed by atoms with Crippen LogP contribution in [-0.2, 0) is 9.84 Å². The maximum absolute atomic E-state index is 12.3. The predicted octanol–water partition coefficient (Wildman–Crippen LogP) is 3.03. The highest BCUT2D eigenvalue weighted by Crippen LogP contribution is 2.24. The van der Waals surface area contributed by atoms with Crippen LogP contribution in [0.5, 0.6) is 0 Å². The maximum atomic E-state index is 12.3. The van der Waals surface area contributed by atoms with Gasteiger partial charge in [-0.05, 0) is 31.5 Å². The Kier molecular flexibility index (Phi) is 5.01. The van der Waals surface area contributed by atoms with Gasteiger partial charge in [-0.15, -0.1) is 0 Å². The topological polar surface area (TPSA) is 66.5 Å². The van der Waals surface area contributed by atoms with Crippen molar-refractivity contribution in [2.45, 2.75) is 19.4 Å². The number of amides is 2. The van der Waals surface area contributed by atoms with Crippen LogP contribution in [0.2, 0.25) is 10.0 Å². The average Bonchev–Trinajstić information content (AvgIpc) is 2.69. The minimum Gasteiger partial charge on any atom is -0.321 e. The van der Waals surface area contributed by atoms with E-state index in [0.29, 0.717) is 28.7 Å². The Bertz CT molecular complexity index is 629. The first kappa shape index (κ1) is 16.4. The molecule has 0 aromatic heterocycles. The van der Waals surface area contributed by atoms with Crippen LogP contribution in [0.15, 0.2) is 18.2 Å². The van der Waals surface area contributed by atoms with Crippen LogP contribution >= 0.6 is 23.2 Å². The van der Waals surface area contributed by atoms with Crippen LogP contribution < -0.4 is 5.32 Å². The van der Waals surface area contributed by atoms with Crippen molar-refractivity contribution in [1.29, 1.82) is 0 Å². The van der Waals surface area contributed by atoms with E-state index >= 15 is 0 Å². The van der Waals surface area contributed by atoms with E-state index in [1.807, 2.05) is 6.92 Å². The minimum atomic E-state index is -3.03. The number of anilines is 1. The van der Waals surface area contributed by atoms with Gasteiger partial charge in [-0.2, -0.15) is 0 Å². The summed E-state index contributed by atoms with van der Waals surface area (Å²) >= 11 is 11.8. The molecule has 2 rings (SSSR count). The highest BCUT2D eigenvalue weighted by molar-refractivity contribution is 7.91. The Morgan fingerprint density at radius 3 is 2.43 bits per heavy atom. The number of nitrogens with one attached hydrogen (secondary N) is 1. The molecule has 0 radical (unpaired) electrons. The van der Waals surface area contributed by atoms with Gasteiger partial charge in [0.1, 0.15) is 0 Å². The number of halogens is 2. The molecule has 0 bridgehead atoms. The summed E-state index contributed by atoms with van der Waals surface area (Å²) in [6, 6.07) is 4.11. The van der Waals surface area contributed by atoms with Crippen molar-refractivity contribution in [3.63, 3.8) is 0 Å². The van der Waals surface area contributed by atoms with Crippen LogP contribution in [-0.4, -0.2) is 43.4 Å². The van der Waals surface area contributed by atoms with Gasteiger partial charge < -0.3 is 10.2 Å². The molecule has 0 aliphatic carbocycles. The molecule has 1 N–H and O–H groups in total. The van der Waals surface area contributed by atoms with E-state index in [-0.39, 0.29) is 23.6 Å². The zero-order valence-corrected chi connectivity index (χ0v) is 13.8. The molecule has 1 aromatic rings. The van der Waals surface area contributed by atoms with E-state index in [1.165, 1.54) is 4.90 Å². The zero-order valence-electron chi connectivity index (χ0n) is 11.5. The summed E-state index contributed by atoms with van der Waals surface area (Å²) in [6.07, 6.45) is 0.472. The number of hydrogen-bond acceptors (Lipinski definition) is 3. The van der Waals surface area contributed by atoms with Gasteiger partial charge in [-0.1, -0.05) is 23.2 Å². The summed E-state index contributed by atoms with van der Waals surface area (Å²) < 4.78 is 23.1. The van der Waals surface area contributed by atoms with E-state index in [2.05, 4.69) is 5.32 Å². The van der Waals surface area contributed by atoms with Crippen LogP contribution in [0.3, 0.4) is 0 Å². The van der Waals surface area contributed by atoms with Crippen LogP contribution in [0, 0.1) is 0 Å². The summed E-state index contributed by atoms with van der Waals surface area (Å²) in [5.74, 6) is 0.148. The van der Waals surface area contributed by atoms with Gasteiger partial charge in [0.05, 0.1) is 11.5 Å². The molecule has 1 unspecified atom stereocenters. The third-order valence-electron chi connectivity index (χ3n) is 3.36. The maximum Gasteiger partial charge on any atom is 0.322 e. The van der Waals surface area contributed by atoms with Gasteiger partial charge in [-0.3, -0.25) is 0 Å².